The van der Waals surface area contributed by atoms with Crippen LogP contribution in [-0.4, -0.2) is 35.6 Å². The molecule has 0 aliphatic rings. The van der Waals surface area contributed by atoms with Gasteiger partial charge in [-0.15, -0.1) is 0 Å². The van der Waals surface area contributed by atoms with Gasteiger partial charge in [0, 0.05) is 30.7 Å². The smallest absolute Gasteiger partial charge is 0.167 e. The fourth-order valence-corrected chi connectivity index (χ4v) is 2.84. The number of nitrogens with zero attached hydrogens (tertiary/aromatic N) is 3. The van der Waals surface area contributed by atoms with Crippen LogP contribution in [0.25, 0.3) is 11.3 Å². The number of aromatic nitrogens is 1. The summed E-state index contributed by atoms with van der Waals surface area (Å²) in [6, 6.07) is 9.56. The van der Waals surface area contributed by atoms with Crippen molar-refractivity contribution < 1.29 is 4.52 Å². The zero-order valence-corrected chi connectivity index (χ0v) is 14.1. The van der Waals surface area contributed by atoms with E-state index in [1.165, 1.54) is 0 Å². The predicted octanol–water partition coefficient (Wildman–Crippen LogP) is 4.34. The maximum absolute atomic E-state index is 6.00. The standard InChI is InChI=1S/C15H18ClN3OS/c1-10(19(3)15(17-2)21-4)13-9-14(20-18-13)11-6-5-7-12(16)8-11/h5-10H,1-4H3/b17-15-. The Morgan fingerprint density at radius 3 is 2.81 bits per heavy atom. The van der Waals surface area contributed by atoms with Crippen LogP contribution in [0.15, 0.2) is 39.8 Å². The van der Waals surface area contributed by atoms with E-state index in [0.29, 0.717) is 10.8 Å². The molecule has 1 aromatic heterocycles. The van der Waals surface area contributed by atoms with Gasteiger partial charge in [0.15, 0.2) is 10.9 Å². The van der Waals surface area contributed by atoms with Gasteiger partial charge in [-0.3, -0.25) is 4.99 Å². The highest BCUT2D eigenvalue weighted by Crippen LogP contribution is 2.27. The fourth-order valence-electron chi connectivity index (χ4n) is 2.02. The van der Waals surface area contributed by atoms with Gasteiger partial charge in [0.05, 0.1) is 6.04 Å². The quantitative estimate of drug-likeness (QED) is 0.622. The Labute approximate surface area is 134 Å². The summed E-state index contributed by atoms with van der Waals surface area (Å²) in [6.07, 6.45) is 2.01. The zero-order valence-electron chi connectivity index (χ0n) is 12.5. The number of hydrogen-bond acceptors (Lipinski definition) is 4. The normalized spacial score (nSPS) is 13.3. The molecular formula is C15H18ClN3OS. The highest BCUT2D eigenvalue weighted by molar-refractivity contribution is 8.13. The first kappa shape index (κ1) is 15.9. The third kappa shape index (κ3) is 3.60. The number of thioether (sulfide) groups is 1. The SMILES string of the molecule is C/N=C(\SC)N(C)C(C)c1cc(-c2cccc(Cl)c2)on1. The molecule has 112 valence electrons. The maximum Gasteiger partial charge on any atom is 0.167 e. The highest BCUT2D eigenvalue weighted by Gasteiger charge is 2.19. The first-order chi connectivity index (χ1) is 10.1. The van der Waals surface area contributed by atoms with Gasteiger partial charge in [-0.2, -0.15) is 0 Å². The minimum atomic E-state index is 0.0767. The molecule has 4 nitrogen and oxygen atoms in total. The van der Waals surface area contributed by atoms with E-state index in [0.717, 1.165) is 16.4 Å². The van der Waals surface area contributed by atoms with Gasteiger partial charge in [-0.05, 0) is 25.3 Å². The van der Waals surface area contributed by atoms with Crippen molar-refractivity contribution in [1.82, 2.24) is 10.1 Å². The minimum Gasteiger partial charge on any atom is -0.356 e. The molecule has 0 saturated carbocycles. The molecule has 1 atom stereocenters. The maximum atomic E-state index is 6.00. The van der Waals surface area contributed by atoms with Gasteiger partial charge in [0.25, 0.3) is 0 Å². The Kier molecular flexibility index (Phi) is 5.31. The Morgan fingerprint density at radius 2 is 2.19 bits per heavy atom. The summed E-state index contributed by atoms with van der Waals surface area (Å²) in [5.41, 5.74) is 1.79. The summed E-state index contributed by atoms with van der Waals surface area (Å²) in [5.74, 6) is 0.715. The van der Waals surface area contributed by atoms with E-state index >= 15 is 0 Å². The number of benzene rings is 1. The average Bonchev–Trinajstić information content (AvgIpc) is 2.97. The van der Waals surface area contributed by atoms with Crippen molar-refractivity contribution in [1.29, 1.82) is 0 Å². The van der Waals surface area contributed by atoms with E-state index in [2.05, 4.69) is 22.0 Å². The van der Waals surface area contributed by atoms with Crippen LogP contribution in [0.3, 0.4) is 0 Å². The van der Waals surface area contributed by atoms with E-state index < -0.39 is 0 Å². The number of aliphatic imine (C=N–C) groups is 1. The molecule has 21 heavy (non-hydrogen) atoms. The van der Waals surface area contributed by atoms with Gasteiger partial charge in [0.2, 0.25) is 0 Å². The molecule has 0 aliphatic carbocycles. The van der Waals surface area contributed by atoms with Crippen molar-refractivity contribution in [3.8, 4) is 11.3 Å². The van der Waals surface area contributed by atoms with Crippen LogP contribution < -0.4 is 0 Å². The lowest BCUT2D eigenvalue weighted by atomic mass is 10.1. The van der Waals surface area contributed by atoms with Crippen LogP contribution in [0.1, 0.15) is 18.7 Å². The van der Waals surface area contributed by atoms with Crippen LogP contribution in [0.5, 0.6) is 0 Å². The Bertz CT molecular complexity index is 641. The molecule has 0 amide bonds. The van der Waals surface area contributed by atoms with Crippen molar-refractivity contribution in [2.75, 3.05) is 20.4 Å². The fraction of sp³-hybridized carbons (Fsp3) is 0.333. The molecular weight excluding hydrogens is 306 g/mol. The molecule has 6 heteroatoms. The third-order valence-corrected chi connectivity index (χ3v) is 4.39. The Balaban J connectivity index is 2.23. The zero-order chi connectivity index (χ0) is 15.4. The molecule has 1 aromatic carbocycles. The third-order valence-electron chi connectivity index (χ3n) is 3.32. The molecule has 2 aromatic rings. The number of rotatable bonds is 3. The first-order valence-corrected chi connectivity index (χ1v) is 8.13. The molecule has 1 heterocycles. The van der Waals surface area contributed by atoms with Crippen molar-refractivity contribution in [2.45, 2.75) is 13.0 Å². The molecule has 0 aliphatic heterocycles. The van der Waals surface area contributed by atoms with Gasteiger partial charge in [0.1, 0.15) is 5.69 Å². The molecule has 0 spiro atoms. The number of amidine groups is 1. The molecule has 0 saturated heterocycles. The molecule has 0 radical (unpaired) electrons. The monoisotopic (exact) mass is 323 g/mol. The van der Waals surface area contributed by atoms with Gasteiger partial charge < -0.3 is 9.42 Å². The summed E-state index contributed by atoms with van der Waals surface area (Å²) >= 11 is 7.61. The van der Waals surface area contributed by atoms with E-state index in [1.807, 2.05) is 43.6 Å². The first-order valence-electron chi connectivity index (χ1n) is 6.53. The molecule has 0 fully saturated rings. The Hall–Kier alpha value is -1.46. The lowest BCUT2D eigenvalue weighted by Gasteiger charge is -2.25. The van der Waals surface area contributed by atoms with Gasteiger partial charge in [-0.25, -0.2) is 0 Å². The highest BCUT2D eigenvalue weighted by atomic mass is 35.5. The summed E-state index contributed by atoms with van der Waals surface area (Å²) in [4.78, 5) is 6.33. The van der Waals surface area contributed by atoms with Crippen molar-refractivity contribution in [3.63, 3.8) is 0 Å². The van der Waals surface area contributed by atoms with Gasteiger partial charge >= 0.3 is 0 Å². The van der Waals surface area contributed by atoms with E-state index in [9.17, 15) is 0 Å². The predicted molar refractivity (Wildman–Crippen MR) is 90.0 cm³/mol. The van der Waals surface area contributed by atoms with Crippen LogP contribution in [-0.2, 0) is 0 Å². The molecule has 2 rings (SSSR count). The van der Waals surface area contributed by atoms with Crippen molar-refractivity contribution in [2.24, 2.45) is 4.99 Å². The van der Waals surface area contributed by atoms with Crippen LogP contribution in [0.4, 0.5) is 0 Å². The molecule has 0 N–H and O–H groups in total. The lowest BCUT2D eigenvalue weighted by molar-refractivity contribution is 0.362. The van der Waals surface area contributed by atoms with Crippen LogP contribution >= 0.6 is 23.4 Å². The topological polar surface area (TPSA) is 41.6 Å². The summed E-state index contributed by atoms with van der Waals surface area (Å²) < 4.78 is 5.44. The second-order valence-electron chi connectivity index (χ2n) is 4.62. The Morgan fingerprint density at radius 1 is 1.43 bits per heavy atom. The molecule has 1 unspecified atom stereocenters. The summed E-state index contributed by atoms with van der Waals surface area (Å²) in [6.45, 7) is 2.07. The van der Waals surface area contributed by atoms with Crippen molar-refractivity contribution >= 4 is 28.5 Å². The van der Waals surface area contributed by atoms with Crippen molar-refractivity contribution in [3.05, 3.63) is 41.0 Å². The average molecular weight is 324 g/mol. The second-order valence-corrected chi connectivity index (χ2v) is 5.83. The van der Waals surface area contributed by atoms with Gasteiger partial charge in [-0.1, -0.05) is 40.7 Å². The van der Waals surface area contributed by atoms with Crippen LogP contribution in [0, 0.1) is 0 Å². The summed E-state index contributed by atoms with van der Waals surface area (Å²) in [7, 11) is 3.78. The second kappa shape index (κ2) is 7.00. The van der Waals surface area contributed by atoms with E-state index in [1.54, 1.807) is 18.8 Å². The number of halogens is 1. The summed E-state index contributed by atoms with van der Waals surface area (Å²) in [5, 5.41) is 5.80. The molecule has 0 bridgehead atoms. The largest absolute Gasteiger partial charge is 0.356 e. The number of hydrogen-bond donors (Lipinski definition) is 0. The van der Waals surface area contributed by atoms with Crippen LogP contribution in [0.2, 0.25) is 5.02 Å². The lowest BCUT2D eigenvalue weighted by Crippen LogP contribution is -2.27. The minimum absolute atomic E-state index is 0.0767. The van der Waals surface area contributed by atoms with E-state index in [4.69, 9.17) is 16.1 Å². The van der Waals surface area contributed by atoms with E-state index in [-0.39, 0.29) is 6.04 Å².